The van der Waals surface area contributed by atoms with Crippen molar-refractivity contribution in [3.05, 3.63) is 28.8 Å². The van der Waals surface area contributed by atoms with E-state index >= 15 is 0 Å². The van der Waals surface area contributed by atoms with Gasteiger partial charge in [0, 0.05) is 5.02 Å². The van der Waals surface area contributed by atoms with Crippen molar-refractivity contribution in [2.24, 2.45) is 0 Å². The van der Waals surface area contributed by atoms with Crippen LogP contribution in [0.1, 0.15) is 43.6 Å². The number of benzene rings is 1. The predicted molar refractivity (Wildman–Crippen MR) is 94.2 cm³/mol. The summed E-state index contributed by atoms with van der Waals surface area (Å²) in [4.78, 5) is 2.60. The largest absolute Gasteiger partial charge is 0.496 e. The third kappa shape index (κ3) is 5.15. The SMILES string of the molecule is CNCC[C@H](CCN1CCCCC1)c1cc(Cl)ccc1OC. The first kappa shape index (κ1) is 17.6. The molecule has 1 heterocycles. The Kier molecular flexibility index (Phi) is 7.50. The summed E-state index contributed by atoms with van der Waals surface area (Å²) in [7, 11) is 3.75. The maximum Gasteiger partial charge on any atom is 0.122 e. The zero-order valence-electron chi connectivity index (χ0n) is 13.9. The summed E-state index contributed by atoms with van der Waals surface area (Å²) < 4.78 is 5.56. The van der Waals surface area contributed by atoms with Crippen molar-refractivity contribution in [2.75, 3.05) is 40.3 Å². The van der Waals surface area contributed by atoms with E-state index in [1.54, 1.807) is 7.11 Å². The fraction of sp³-hybridized carbons (Fsp3) is 0.667. The molecule has 4 heteroatoms. The van der Waals surface area contributed by atoms with Crippen molar-refractivity contribution in [3.63, 3.8) is 0 Å². The number of likely N-dealkylation sites (tertiary alicyclic amines) is 1. The molecule has 0 unspecified atom stereocenters. The Bertz CT molecular complexity index is 447. The molecule has 0 radical (unpaired) electrons. The Balaban J connectivity index is 2.05. The number of nitrogens with one attached hydrogen (secondary N) is 1. The highest BCUT2D eigenvalue weighted by atomic mass is 35.5. The zero-order chi connectivity index (χ0) is 15.8. The lowest BCUT2D eigenvalue weighted by molar-refractivity contribution is 0.219. The van der Waals surface area contributed by atoms with Crippen LogP contribution in [-0.4, -0.2) is 45.2 Å². The Morgan fingerprint density at radius 3 is 2.68 bits per heavy atom. The van der Waals surface area contributed by atoms with Gasteiger partial charge in [-0.15, -0.1) is 0 Å². The Morgan fingerprint density at radius 1 is 1.23 bits per heavy atom. The summed E-state index contributed by atoms with van der Waals surface area (Å²) >= 11 is 6.22. The lowest BCUT2D eigenvalue weighted by atomic mass is 9.91. The van der Waals surface area contributed by atoms with Gasteiger partial charge in [0.1, 0.15) is 5.75 Å². The van der Waals surface area contributed by atoms with E-state index in [1.165, 1.54) is 50.9 Å². The summed E-state index contributed by atoms with van der Waals surface area (Å²) in [6.45, 7) is 4.70. The van der Waals surface area contributed by atoms with E-state index in [9.17, 15) is 0 Å². The summed E-state index contributed by atoms with van der Waals surface area (Å²) in [5.74, 6) is 1.45. The first-order valence-electron chi connectivity index (χ1n) is 8.45. The lowest BCUT2D eigenvalue weighted by Gasteiger charge is -2.29. The summed E-state index contributed by atoms with van der Waals surface area (Å²) in [5, 5.41) is 4.07. The number of nitrogens with zero attached hydrogens (tertiary/aromatic N) is 1. The molecular formula is C18H29ClN2O. The van der Waals surface area contributed by atoms with Gasteiger partial charge in [-0.25, -0.2) is 0 Å². The third-order valence-corrected chi connectivity index (χ3v) is 4.85. The van der Waals surface area contributed by atoms with Gasteiger partial charge in [0.25, 0.3) is 0 Å². The van der Waals surface area contributed by atoms with E-state index in [1.807, 2.05) is 19.2 Å². The second-order valence-corrected chi connectivity index (χ2v) is 6.60. The molecule has 3 nitrogen and oxygen atoms in total. The maximum atomic E-state index is 6.22. The first-order valence-corrected chi connectivity index (χ1v) is 8.82. The minimum absolute atomic E-state index is 0.489. The summed E-state index contributed by atoms with van der Waals surface area (Å²) in [5.41, 5.74) is 1.25. The molecule has 22 heavy (non-hydrogen) atoms. The zero-order valence-corrected chi connectivity index (χ0v) is 14.7. The fourth-order valence-corrected chi connectivity index (χ4v) is 3.50. The van der Waals surface area contributed by atoms with Crippen LogP contribution in [0.25, 0.3) is 0 Å². The van der Waals surface area contributed by atoms with Gasteiger partial charge in [0.2, 0.25) is 0 Å². The smallest absolute Gasteiger partial charge is 0.122 e. The number of methoxy groups -OCH3 is 1. The molecule has 0 aromatic heterocycles. The monoisotopic (exact) mass is 324 g/mol. The van der Waals surface area contributed by atoms with Crippen molar-refractivity contribution < 1.29 is 4.74 Å². The van der Waals surface area contributed by atoms with Crippen LogP contribution in [-0.2, 0) is 0 Å². The highest BCUT2D eigenvalue weighted by molar-refractivity contribution is 6.30. The molecule has 2 rings (SSSR count). The van der Waals surface area contributed by atoms with Crippen molar-refractivity contribution in [2.45, 2.75) is 38.0 Å². The Labute approximate surface area is 140 Å². The minimum atomic E-state index is 0.489. The number of ether oxygens (including phenoxy) is 1. The number of piperidine rings is 1. The highest BCUT2D eigenvalue weighted by Crippen LogP contribution is 2.34. The van der Waals surface area contributed by atoms with E-state index in [2.05, 4.69) is 16.3 Å². The molecule has 0 amide bonds. The molecular weight excluding hydrogens is 296 g/mol. The Hall–Kier alpha value is -0.770. The average molecular weight is 325 g/mol. The van der Waals surface area contributed by atoms with Crippen LogP contribution in [0.4, 0.5) is 0 Å². The maximum absolute atomic E-state index is 6.22. The van der Waals surface area contributed by atoms with Gasteiger partial charge in [-0.05, 0) is 88.6 Å². The quantitative estimate of drug-likeness (QED) is 0.784. The van der Waals surface area contributed by atoms with Crippen molar-refractivity contribution in [3.8, 4) is 5.75 Å². The highest BCUT2D eigenvalue weighted by Gasteiger charge is 2.19. The van der Waals surface area contributed by atoms with E-state index in [0.717, 1.165) is 23.7 Å². The molecule has 1 atom stereocenters. The van der Waals surface area contributed by atoms with Gasteiger partial charge in [0.05, 0.1) is 7.11 Å². The van der Waals surface area contributed by atoms with E-state index < -0.39 is 0 Å². The molecule has 124 valence electrons. The van der Waals surface area contributed by atoms with Crippen molar-refractivity contribution in [1.82, 2.24) is 10.2 Å². The van der Waals surface area contributed by atoms with Crippen molar-refractivity contribution in [1.29, 1.82) is 0 Å². The standard InChI is InChI=1S/C18H29ClN2O/c1-20-10-8-15(9-13-21-11-4-3-5-12-21)17-14-16(19)6-7-18(17)22-2/h6-7,14-15,20H,3-5,8-13H2,1-2H3/t15-/m1/s1. The van der Waals surface area contributed by atoms with E-state index in [0.29, 0.717) is 5.92 Å². The van der Waals surface area contributed by atoms with E-state index in [-0.39, 0.29) is 0 Å². The second kappa shape index (κ2) is 9.39. The number of hydrogen-bond donors (Lipinski definition) is 1. The van der Waals surface area contributed by atoms with Crippen LogP contribution in [0, 0.1) is 0 Å². The molecule has 0 bridgehead atoms. The van der Waals surface area contributed by atoms with Crippen molar-refractivity contribution >= 4 is 11.6 Å². The minimum Gasteiger partial charge on any atom is -0.496 e. The second-order valence-electron chi connectivity index (χ2n) is 6.17. The molecule has 1 fully saturated rings. The van der Waals surface area contributed by atoms with Crippen LogP contribution >= 0.6 is 11.6 Å². The van der Waals surface area contributed by atoms with Gasteiger partial charge in [-0.2, -0.15) is 0 Å². The van der Waals surface area contributed by atoms with Crippen LogP contribution < -0.4 is 10.1 Å². The topological polar surface area (TPSA) is 24.5 Å². The summed E-state index contributed by atoms with van der Waals surface area (Å²) in [6.07, 6.45) is 6.37. The van der Waals surface area contributed by atoms with Gasteiger partial charge in [-0.1, -0.05) is 18.0 Å². The van der Waals surface area contributed by atoms with Gasteiger partial charge in [-0.3, -0.25) is 0 Å². The van der Waals surface area contributed by atoms with Gasteiger partial charge >= 0.3 is 0 Å². The fourth-order valence-electron chi connectivity index (χ4n) is 3.32. The molecule has 1 aromatic rings. The summed E-state index contributed by atoms with van der Waals surface area (Å²) in [6, 6.07) is 5.98. The molecule has 1 aromatic carbocycles. The van der Waals surface area contributed by atoms with Crippen LogP contribution in [0.3, 0.4) is 0 Å². The number of hydrogen-bond acceptors (Lipinski definition) is 3. The van der Waals surface area contributed by atoms with Gasteiger partial charge in [0.15, 0.2) is 0 Å². The third-order valence-electron chi connectivity index (χ3n) is 4.62. The van der Waals surface area contributed by atoms with Crippen LogP contribution in [0.15, 0.2) is 18.2 Å². The van der Waals surface area contributed by atoms with Crippen LogP contribution in [0.2, 0.25) is 5.02 Å². The molecule has 0 saturated carbocycles. The lowest BCUT2D eigenvalue weighted by Crippen LogP contribution is -2.31. The number of rotatable bonds is 8. The molecule has 0 spiro atoms. The Morgan fingerprint density at radius 2 is 2.00 bits per heavy atom. The average Bonchev–Trinajstić information content (AvgIpc) is 2.56. The normalized spacial score (nSPS) is 17.4. The number of halogens is 1. The van der Waals surface area contributed by atoms with E-state index in [4.69, 9.17) is 16.3 Å². The molecule has 1 N–H and O–H groups in total. The van der Waals surface area contributed by atoms with Gasteiger partial charge < -0.3 is 15.0 Å². The molecule has 1 saturated heterocycles. The molecule has 1 aliphatic rings. The van der Waals surface area contributed by atoms with Crippen LogP contribution in [0.5, 0.6) is 5.75 Å². The molecule has 1 aliphatic heterocycles. The predicted octanol–water partition coefficient (Wildman–Crippen LogP) is 3.92. The molecule has 0 aliphatic carbocycles. The first-order chi connectivity index (χ1) is 10.7.